The number of hydrogen-bond donors (Lipinski definition) is 2. The summed E-state index contributed by atoms with van der Waals surface area (Å²) in [6, 6.07) is 23.4. The first-order chi connectivity index (χ1) is 20.9. The number of piperazine rings is 1. The second kappa shape index (κ2) is 11.7. The van der Waals surface area contributed by atoms with Gasteiger partial charge in [-0.25, -0.2) is 0 Å². The molecule has 0 aromatic heterocycles. The highest BCUT2D eigenvalue weighted by molar-refractivity contribution is 5.94. The number of phenols is 1. The van der Waals surface area contributed by atoms with Gasteiger partial charge < -0.3 is 20.2 Å². The molecular formula is C37H43N3O3. The van der Waals surface area contributed by atoms with Gasteiger partial charge in [0, 0.05) is 50.4 Å². The highest BCUT2D eigenvalue weighted by Crippen LogP contribution is 2.59. The van der Waals surface area contributed by atoms with Crippen LogP contribution in [0, 0.1) is 23.2 Å². The normalized spacial score (nSPS) is 26.0. The fraction of sp³-hybridized carbons (Fsp3) is 0.459. The number of hydrogen-bond acceptors (Lipinski definition) is 4. The number of aryl methyl sites for hydroxylation is 1. The minimum atomic E-state index is 0.0448. The van der Waals surface area contributed by atoms with Gasteiger partial charge in [-0.2, -0.15) is 0 Å². The van der Waals surface area contributed by atoms with Crippen LogP contribution in [0.1, 0.15) is 60.9 Å². The summed E-state index contributed by atoms with van der Waals surface area (Å²) in [6.45, 7) is 3.78. The molecule has 3 aromatic rings. The summed E-state index contributed by atoms with van der Waals surface area (Å²) in [6.07, 6.45) is 9.31. The van der Waals surface area contributed by atoms with Gasteiger partial charge in [0.15, 0.2) is 0 Å². The van der Waals surface area contributed by atoms with Crippen LogP contribution >= 0.6 is 0 Å². The molecule has 5 fully saturated rings. The van der Waals surface area contributed by atoms with Crippen LogP contribution in [-0.4, -0.2) is 54.5 Å². The maximum Gasteiger partial charge on any atom is 0.251 e. The Bertz CT molecular complexity index is 1440. The predicted octanol–water partition coefficient (Wildman–Crippen LogP) is 6.29. The molecule has 1 saturated heterocycles. The molecule has 0 radical (unpaired) electrons. The summed E-state index contributed by atoms with van der Waals surface area (Å²) < 4.78 is 0. The molecule has 8 rings (SSSR count). The van der Waals surface area contributed by atoms with Crippen molar-refractivity contribution in [1.82, 2.24) is 10.2 Å². The summed E-state index contributed by atoms with van der Waals surface area (Å²) in [4.78, 5) is 30.4. The van der Waals surface area contributed by atoms with Gasteiger partial charge in [-0.3, -0.25) is 9.59 Å². The Hall–Kier alpha value is -3.80. The van der Waals surface area contributed by atoms with Crippen molar-refractivity contribution in [3.05, 3.63) is 83.9 Å². The Morgan fingerprint density at radius 2 is 1.49 bits per heavy atom. The van der Waals surface area contributed by atoms with Crippen LogP contribution in [0.5, 0.6) is 5.75 Å². The second-order valence-electron chi connectivity index (χ2n) is 13.7. The molecule has 4 saturated carbocycles. The molecule has 1 heterocycles. The maximum absolute atomic E-state index is 13.1. The van der Waals surface area contributed by atoms with E-state index in [1.807, 2.05) is 47.4 Å². The number of rotatable bonds is 8. The van der Waals surface area contributed by atoms with E-state index in [4.69, 9.17) is 0 Å². The van der Waals surface area contributed by atoms with E-state index in [-0.39, 0.29) is 17.6 Å². The van der Waals surface area contributed by atoms with E-state index in [1.54, 1.807) is 12.1 Å². The highest BCUT2D eigenvalue weighted by Gasteiger charge is 2.50. The van der Waals surface area contributed by atoms with E-state index in [2.05, 4.69) is 28.4 Å². The van der Waals surface area contributed by atoms with Gasteiger partial charge in [0.05, 0.1) is 0 Å². The quantitative estimate of drug-likeness (QED) is 0.330. The van der Waals surface area contributed by atoms with Crippen molar-refractivity contribution in [2.75, 3.05) is 37.6 Å². The zero-order chi connectivity index (χ0) is 29.4. The fourth-order valence-corrected chi connectivity index (χ4v) is 9.01. The minimum Gasteiger partial charge on any atom is -0.508 e. The average molecular weight is 578 g/mol. The first-order valence-electron chi connectivity index (χ1n) is 16.2. The van der Waals surface area contributed by atoms with E-state index in [9.17, 15) is 14.7 Å². The first kappa shape index (κ1) is 28.0. The molecule has 224 valence electrons. The number of nitrogens with zero attached hydrogens (tertiary/aromatic N) is 2. The van der Waals surface area contributed by atoms with Gasteiger partial charge in [0.25, 0.3) is 5.91 Å². The molecule has 2 N–H and O–H groups in total. The molecule has 6 nitrogen and oxygen atoms in total. The summed E-state index contributed by atoms with van der Waals surface area (Å²) in [5.74, 6) is 3.15. The molecule has 0 unspecified atom stereocenters. The Morgan fingerprint density at radius 1 is 0.814 bits per heavy atom. The van der Waals surface area contributed by atoms with Gasteiger partial charge in [0.2, 0.25) is 5.91 Å². The van der Waals surface area contributed by atoms with Crippen molar-refractivity contribution < 1.29 is 14.7 Å². The lowest BCUT2D eigenvalue weighted by atomic mass is 9.49. The number of anilines is 1. The van der Waals surface area contributed by atoms with E-state index < -0.39 is 0 Å². The number of carbonyl (C=O) groups is 2. The molecule has 5 aliphatic rings. The summed E-state index contributed by atoms with van der Waals surface area (Å²) in [7, 11) is 0. The molecule has 6 heteroatoms. The number of phenolic OH excluding ortho intramolecular Hbond substituents is 1. The van der Waals surface area contributed by atoms with E-state index in [0.717, 1.165) is 65.3 Å². The smallest absolute Gasteiger partial charge is 0.251 e. The van der Waals surface area contributed by atoms with Crippen LogP contribution in [0.3, 0.4) is 0 Å². The first-order valence-corrected chi connectivity index (χ1v) is 16.2. The molecular weight excluding hydrogens is 534 g/mol. The van der Waals surface area contributed by atoms with E-state index >= 15 is 0 Å². The van der Waals surface area contributed by atoms with Crippen LogP contribution in [0.4, 0.5) is 5.69 Å². The number of aromatic hydroxyl groups is 1. The third-order valence-electron chi connectivity index (χ3n) is 10.7. The lowest BCUT2D eigenvalue weighted by molar-refractivity contribution is -0.131. The summed E-state index contributed by atoms with van der Waals surface area (Å²) >= 11 is 0. The molecule has 43 heavy (non-hydrogen) atoms. The van der Waals surface area contributed by atoms with Crippen molar-refractivity contribution in [2.45, 2.75) is 51.4 Å². The van der Waals surface area contributed by atoms with Crippen molar-refractivity contribution >= 4 is 17.5 Å². The van der Waals surface area contributed by atoms with Gasteiger partial charge >= 0.3 is 0 Å². The topological polar surface area (TPSA) is 72.9 Å². The van der Waals surface area contributed by atoms with Crippen LogP contribution in [-0.2, 0) is 11.2 Å². The number of nitrogens with one attached hydrogen (secondary N) is 1. The fourth-order valence-electron chi connectivity index (χ4n) is 9.01. The van der Waals surface area contributed by atoms with Crippen molar-refractivity contribution in [2.24, 2.45) is 23.2 Å². The SMILES string of the molecule is O=C(NCC12CC3CC(CC(C3)C1)C2)c1ccc(N2CCN(C(=O)CCc3ccccc3-c3cccc(O)c3)CC2)cc1. The van der Waals surface area contributed by atoms with Crippen LogP contribution in [0.2, 0.25) is 0 Å². The molecule has 0 atom stereocenters. The van der Waals surface area contributed by atoms with E-state index in [0.29, 0.717) is 31.3 Å². The highest BCUT2D eigenvalue weighted by atomic mass is 16.3. The Balaban J connectivity index is 0.890. The van der Waals surface area contributed by atoms with Crippen LogP contribution in [0.15, 0.2) is 72.8 Å². The Kier molecular flexibility index (Phi) is 7.62. The lowest BCUT2D eigenvalue weighted by Gasteiger charge is -2.56. The van der Waals surface area contributed by atoms with E-state index in [1.165, 1.54) is 38.5 Å². The number of benzene rings is 3. The maximum atomic E-state index is 13.1. The van der Waals surface area contributed by atoms with Crippen molar-refractivity contribution in [3.63, 3.8) is 0 Å². The largest absolute Gasteiger partial charge is 0.508 e. The zero-order valence-corrected chi connectivity index (χ0v) is 25.0. The molecule has 2 amide bonds. The number of carbonyl (C=O) groups excluding carboxylic acids is 2. The third-order valence-corrected chi connectivity index (χ3v) is 10.7. The van der Waals surface area contributed by atoms with Crippen LogP contribution in [0.25, 0.3) is 11.1 Å². The Morgan fingerprint density at radius 3 is 2.16 bits per heavy atom. The lowest BCUT2D eigenvalue weighted by Crippen LogP contribution is -2.51. The zero-order valence-electron chi connectivity index (χ0n) is 25.0. The Labute approximate surface area is 255 Å². The van der Waals surface area contributed by atoms with Gasteiger partial charge in [-0.15, -0.1) is 0 Å². The van der Waals surface area contributed by atoms with Crippen molar-refractivity contribution in [3.8, 4) is 16.9 Å². The van der Waals surface area contributed by atoms with Gasteiger partial charge in [0.1, 0.15) is 5.75 Å². The van der Waals surface area contributed by atoms with Gasteiger partial charge in [-0.05, 0) is 121 Å². The van der Waals surface area contributed by atoms with Gasteiger partial charge in [-0.1, -0.05) is 36.4 Å². The molecule has 0 spiro atoms. The van der Waals surface area contributed by atoms with Crippen LogP contribution < -0.4 is 10.2 Å². The molecule has 4 bridgehead atoms. The third kappa shape index (κ3) is 6.02. The second-order valence-corrected chi connectivity index (χ2v) is 13.7. The van der Waals surface area contributed by atoms with Crippen molar-refractivity contribution in [1.29, 1.82) is 0 Å². The predicted molar refractivity (Wildman–Crippen MR) is 170 cm³/mol. The monoisotopic (exact) mass is 577 g/mol. The molecule has 4 aliphatic carbocycles. The standard InChI is InChI=1S/C37H43N3O3/c41-33-6-3-5-31(21-33)34-7-2-1-4-29(34)10-13-35(42)40-16-14-39(15-17-40)32-11-8-30(9-12-32)36(43)38-25-37-22-26-18-27(23-37)20-28(19-26)24-37/h1-9,11-12,21,26-28,41H,10,13-20,22-25H2,(H,38,43). The summed E-state index contributed by atoms with van der Waals surface area (Å²) in [5.41, 5.74) is 5.31. The minimum absolute atomic E-state index is 0.0448. The average Bonchev–Trinajstić information content (AvgIpc) is 3.02. The summed E-state index contributed by atoms with van der Waals surface area (Å²) in [5, 5.41) is 13.2. The molecule has 1 aliphatic heterocycles. The molecule has 3 aromatic carbocycles. The number of amides is 2.